The lowest BCUT2D eigenvalue weighted by atomic mass is 9.97. The molecule has 0 saturated carbocycles. The van der Waals surface area contributed by atoms with Gasteiger partial charge in [-0.2, -0.15) is 5.26 Å². The zero-order chi connectivity index (χ0) is 22.9. The third-order valence-corrected chi connectivity index (χ3v) is 5.72. The predicted octanol–water partition coefficient (Wildman–Crippen LogP) is 6.59. The van der Waals surface area contributed by atoms with Crippen molar-refractivity contribution in [3.05, 3.63) is 90.6 Å². The first kappa shape index (κ1) is 20.5. The van der Waals surface area contributed by atoms with Gasteiger partial charge < -0.3 is 9.67 Å². The van der Waals surface area contributed by atoms with E-state index in [4.69, 9.17) is 4.98 Å². The van der Waals surface area contributed by atoms with Crippen molar-refractivity contribution in [3.63, 3.8) is 0 Å². The van der Waals surface area contributed by atoms with Crippen molar-refractivity contribution >= 4 is 11.0 Å². The summed E-state index contributed by atoms with van der Waals surface area (Å²) in [7, 11) is 0. The van der Waals surface area contributed by atoms with E-state index in [0.717, 1.165) is 33.4 Å². The average molecular weight is 431 g/mol. The number of nitriles is 1. The smallest absolute Gasteiger partial charge is 0.145 e. The number of hydrogen-bond acceptors (Lipinski definition) is 4. The number of phenols is 1. The first-order valence-electron chi connectivity index (χ1n) is 10.8. The number of benzene rings is 3. The monoisotopic (exact) mass is 430 g/mol. The van der Waals surface area contributed by atoms with Crippen LogP contribution in [0.1, 0.15) is 25.5 Å². The Hall–Kier alpha value is -4.43. The molecule has 5 nitrogen and oxygen atoms in total. The first-order valence-corrected chi connectivity index (χ1v) is 10.8. The number of nitrogens with zero attached hydrogens (tertiary/aromatic N) is 4. The van der Waals surface area contributed by atoms with Crippen molar-refractivity contribution < 1.29 is 5.11 Å². The zero-order valence-electron chi connectivity index (χ0n) is 18.4. The van der Waals surface area contributed by atoms with Gasteiger partial charge in [-0.3, -0.25) is 4.98 Å². The standard InChI is InChI=1S/C28H22N4O/c1-18(2)32-25-11-7-9-22(27(25)31-28(32)23-8-3-4-12-26(23)33)20-14-19(17-29)15-21(16-20)24-10-5-6-13-30-24/h3-16,18,33H,1-2H3. The third kappa shape index (κ3) is 3.62. The van der Waals surface area contributed by atoms with Crippen LogP contribution in [0.3, 0.4) is 0 Å². The lowest BCUT2D eigenvalue weighted by molar-refractivity contribution is 0.476. The molecule has 5 rings (SSSR count). The summed E-state index contributed by atoms with van der Waals surface area (Å²) in [6.07, 6.45) is 1.75. The van der Waals surface area contributed by atoms with Crippen LogP contribution in [0.25, 0.3) is 44.8 Å². The van der Waals surface area contributed by atoms with Crippen molar-refractivity contribution in [3.8, 4) is 45.6 Å². The maximum absolute atomic E-state index is 10.5. The molecule has 2 aromatic heterocycles. The van der Waals surface area contributed by atoms with Crippen LogP contribution in [0.15, 0.2) is 85.1 Å². The van der Waals surface area contributed by atoms with Crippen molar-refractivity contribution in [1.29, 1.82) is 5.26 Å². The summed E-state index contributed by atoms with van der Waals surface area (Å²) < 4.78 is 2.14. The maximum Gasteiger partial charge on any atom is 0.145 e. The van der Waals surface area contributed by atoms with Crippen molar-refractivity contribution in [2.24, 2.45) is 0 Å². The second kappa shape index (κ2) is 8.25. The Kier molecular flexibility index (Phi) is 5.12. The molecular formula is C28H22N4O. The molecule has 0 aliphatic rings. The van der Waals surface area contributed by atoms with E-state index in [1.165, 1.54) is 0 Å². The topological polar surface area (TPSA) is 74.7 Å². The SMILES string of the molecule is CC(C)n1c(-c2ccccc2O)nc2c(-c3cc(C#N)cc(-c4ccccn4)c3)cccc21. The third-order valence-electron chi connectivity index (χ3n) is 5.72. The molecule has 0 aliphatic heterocycles. The lowest BCUT2D eigenvalue weighted by Crippen LogP contribution is -2.03. The summed E-state index contributed by atoms with van der Waals surface area (Å²) in [4.78, 5) is 9.46. The minimum Gasteiger partial charge on any atom is -0.507 e. The molecule has 0 atom stereocenters. The molecule has 0 bridgehead atoms. The summed E-state index contributed by atoms with van der Waals surface area (Å²) in [5, 5.41) is 20.2. The van der Waals surface area contributed by atoms with Crippen LogP contribution < -0.4 is 0 Å². The number of fused-ring (bicyclic) bond motifs is 1. The van der Waals surface area contributed by atoms with Gasteiger partial charge in [-0.25, -0.2) is 4.98 Å². The minimum absolute atomic E-state index is 0.134. The van der Waals surface area contributed by atoms with Crippen molar-refractivity contribution in [2.75, 3.05) is 0 Å². The molecular weight excluding hydrogens is 408 g/mol. The van der Waals surface area contributed by atoms with E-state index in [0.29, 0.717) is 17.0 Å². The summed E-state index contributed by atoms with van der Waals surface area (Å²) >= 11 is 0. The summed E-state index contributed by atoms with van der Waals surface area (Å²) in [5.41, 5.74) is 6.57. The molecule has 2 heterocycles. The Balaban J connectivity index is 1.78. The molecule has 1 N–H and O–H groups in total. The first-order chi connectivity index (χ1) is 16.1. The number of imidazole rings is 1. The zero-order valence-corrected chi connectivity index (χ0v) is 18.4. The predicted molar refractivity (Wildman–Crippen MR) is 131 cm³/mol. The number of pyridine rings is 1. The molecule has 0 spiro atoms. The molecule has 5 heteroatoms. The van der Waals surface area contributed by atoms with E-state index in [9.17, 15) is 10.4 Å². The van der Waals surface area contributed by atoms with Crippen LogP contribution >= 0.6 is 0 Å². The van der Waals surface area contributed by atoms with Crippen LogP contribution in [-0.4, -0.2) is 19.6 Å². The molecule has 0 aliphatic carbocycles. The molecule has 160 valence electrons. The summed E-state index contributed by atoms with van der Waals surface area (Å²) in [6, 6.07) is 27.3. The van der Waals surface area contributed by atoms with E-state index in [1.54, 1.807) is 18.3 Å². The quantitative estimate of drug-likeness (QED) is 0.349. The van der Waals surface area contributed by atoms with Crippen LogP contribution in [0.5, 0.6) is 5.75 Å². The largest absolute Gasteiger partial charge is 0.507 e. The number of phenolic OH excluding ortho intramolecular Hbond substituents is 1. The van der Waals surface area contributed by atoms with Gasteiger partial charge in [0.05, 0.1) is 33.9 Å². The van der Waals surface area contributed by atoms with Crippen molar-refractivity contribution in [1.82, 2.24) is 14.5 Å². The van der Waals surface area contributed by atoms with Crippen molar-refractivity contribution in [2.45, 2.75) is 19.9 Å². The summed E-state index contributed by atoms with van der Waals surface area (Å²) in [5.74, 6) is 0.909. The number of rotatable bonds is 4. The average Bonchev–Trinajstić information content (AvgIpc) is 3.24. The minimum atomic E-state index is 0.134. The molecule has 5 aromatic rings. The van der Waals surface area contributed by atoms with Crippen LogP contribution in [0.4, 0.5) is 0 Å². The van der Waals surface area contributed by atoms with Crippen LogP contribution in [-0.2, 0) is 0 Å². The molecule has 0 fully saturated rings. The second-order valence-electron chi connectivity index (χ2n) is 8.22. The highest BCUT2D eigenvalue weighted by Crippen LogP contribution is 2.37. The van der Waals surface area contributed by atoms with Crippen LogP contribution in [0, 0.1) is 11.3 Å². The van der Waals surface area contributed by atoms with Gasteiger partial charge >= 0.3 is 0 Å². The Labute approximate surface area is 192 Å². The van der Waals surface area contributed by atoms with Gasteiger partial charge in [-0.1, -0.05) is 30.3 Å². The molecule has 33 heavy (non-hydrogen) atoms. The Morgan fingerprint density at radius 2 is 1.64 bits per heavy atom. The lowest BCUT2D eigenvalue weighted by Gasteiger charge is -2.14. The number of para-hydroxylation sites is 2. The molecule has 0 unspecified atom stereocenters. The number of hydrogen-bond donors (Lipinski definition) is 1. The Morgan fingerprint density at radius 1 is 0.879 bits per heavy atom. The number of aromatic nitrogens is 3. The van der Waals surface area contributed by atoms with Crippen LogP contribution in [0.2, 0.25) is 0 Å². The van der Waals surface area contributed by atoms with Gasteiger partial charge in [0.15, 0.2) is 0 Å². The molecule has 0 saturated heterocycles. The fourth-order valence-corrected chi connectivity index (χ4v) is 4.25. The normalized spacial score (nSPS) is 11.1. The Bertz CT molecular complexity index is 1510. The Morgan fingerprint density at radius 3 is 2.36 bits per heavy atom. The summed E-state index contributed by atoms with van der Waals surface area (Å²) in [6.45, 7) is 4.21. The van der Waals surface area contributed by atoms with Gasteiger partial charge in [-0.15, -0.1) is 0 Å². The van der Waals surface area contributed by atoms with Gasteiger partial charge in [0.25, 0.3) is 0 Å². The molecule has 3 aromatic carbocycles. The van der Waals surface area contributed by atoms with E-state index >= 15 is 0 Å². The highest BCUT2D eigenvalue weighted by Gasteiger charge is 2.20. The van der Waals surface area contributed by atoms with Gasteiger partial charge in [0.2, 0.25) is 0 Å². The second-order valence-corrected chi connectivity index (χ2v) is 8.22. The fourth-order valence-electron chi connectivity index (χ4n) is 4.25. The van der Waals surface area contributed by atoms with E-state index in [2.05, 4.69) is 29.5 Å². The van der Waals surface area contributed by atoms with Gasteiger partial charge in [0.1, 0.15) is 11.6 Å². The molecule has 0 radical (unpaired) electrons. The molecule has 0 amide bonds. The van der Waals surface area contributed by atoms with Gasteiger partial charge in [0, 0.05) is 23.4 Å². The maximum atomic E-state index is 10.5. The van der Waals surface area contributed by atoms with E-state index in [-0.39, 0.29) is 11.8 Å². The van der Waals surface area contributed by atoms with E-state index in [1.807, 2.05) is 66.7 Å². The van der Waals surface area contributed by atoms with Gasteiger partial charge in [-0.05, 0) is 67.9 Å². The fraction of sp³-hybridized carbons (Fsp3) is 0.107. The highest BCUT2D eigenvalue weighted by atomic mass is 16.3. The highest BCUT2D eigenvalue weighted by molar-refractivity contribution is 5.95. The van der Waals surface area contributed by atoms with E-state index < -0.39 is 0 Å². The number of aromatic hydroxyl groups is 1.